The molecular formula is C24H36N2O3Si. The first-order valence-electron chi connectivity index (χ1n) is 10.5. The Morgan fingerprint density at radius 1 is 0.933 bits per heavy atom. The van der Waals surface area contributed by atoms with Crippen molar-refractivity contribution in [1.29, 1.82) is 0 Å². The molecule has 164 valence electrons. The predicted octanol–water partition coefficient (Wildman–Crippen LogP) is 3.42. The lowest BCUT2D eigenvalue weighted by Gasteiger charge is -2.45. The monoisotopic (exact) mass is 428 g/mol. The molecule has 0 aliphatic carbocycles. The van der Waals surface area contributed by atoms with Crippen molar-refractivity contribution in [1.82, 2.24) is 5.32 Å². The molecule has 1 amide bonds. The zero-order valence-corrected chi connectivity index (χ0v) is 20.1. The summed E-state index contributed by atoms with van der Waals surface area (Å²) in [5, 5.41) is 5.03. The van der Waals surface area contributed by atoms with E-state index < -0.39 is 20.0 Å². The first-order valence-corrected chi connectivity index (χ1v) is 12.4. The van der Waals surface area contributed by atoms with Crippen molar-refractivity contribution in [3.63, 3.8) is 0 Å². The Labute approximate surface area is 182 Å². The predicted molar refractivity (Wildman–Crippen MR) is 126 cm³/mol. The number of benzene rings is 2. The van der Waals surface area contributed by atoms with Gasteiger partial charge in [-0.1, -0.05) is 81.4 Å². The van der Waals surface area contributed by atoms with Crippen molar-refractivity contribution in [3.05, 3.63) is 60.7 Å². The molecule has 0 heterocycles. The molecule has 0 spiro atoms. The second-order valence-electron chi connectivity index (χ2n) is 9.52. The molecule has 0 radical (unpaired) electrons. The third kappa shape index (κ3) is 5.94. The van der Waals surface area contributed by atoms with Gasteiger partial charge in [-0.15, -0.1) is 0 Å². The van der Waals surface area contributed by atoms with Gasteiger partial charge in [0.2, 0.25) is 0 Å². The highest BCUT2D eigenvalue weighted by atomic mass is 28.4. The molecule has 0 aliphatic rings. The lowest BCUT2D eigenvalue weighted by Crippen LogP contribution is -2.68. The lowest BCUT2D eigenvalue weighted by atomic mass is 10.2. The molecule has 1 atom stereocenters. The summed E-state index contributed by atoms with van der Waals surface area (Å²) in [6.07, 6.45) is -0.809. The molecule has 2 rings (SSSR count). The van der Waals surface area contributed by atoms with E-state index in [1.165, 1.54) is 10.4 Å². The van der Waals surface area contributed by atoms with Crippen molar-refractivity contribution in [2.75, 3.05) is 13.1 Å². The third-order valence-electron chi connectivity index (χ3n) is 4.90. The van der Waals surface area contributed by atoms with Gasteiger partial charge in [0.05, 0.1) is 6.10 Å². The zero-order chi connectivity index (χ0) is 22.4. The van der Waals surface area contributed by atoms with Gasteiger partial charge in [-0.3, -0.25) is 0 Å². The van der Waals surface area contributed by atoms with Crippen LogP contribution in [0.5, 0.6) is 0 Å². The SMILES string of the molecule is CC(C)(C)OC(=O)NCC(CN)O[Si](c1ccccc1)(c1ccccc1)C(C)(C)C. The van der Waals surface area contributed by atoms with Gasteiger partial charge >= 0.3 is 6.09 Å². The zero-order valence-electron chi connectivity index (χ0n) is 19.1. The van der Waals surface area contributed by atoms with Crippen molar-refractivity contribution >= 4 is 24.8 Å². The fraction of sp³-hybridized carbons (Fsp3) is 0.458. The highest BCUT2D eigenvalue weighted by molar-refractivity contribution is 6.99. The van der Waals surface area contributed by atoms with Gasteiger partial charge in [0.25, 0.3) is 8.32 Å². The van der Waals surface area contributed by atoms with Crippen LogP contribution in [0.25, 0.3) is 0 Å². The van der Waals surface area contributed by atoms with Crippen LogP contribution in [0.15, 0.2) is 60.7 Å². The van der Waals surface area contributed by atoms with Crippen molar-refractivity contribution in [3.8, 4) is 0 Å². The van der Waals surface area contributed by atoms with Crippen LogP contribution in [-0.4, -0.2) is 39.2 Å². The van der Waals surface area contributed by atoms with Crippen molar-refractivity contribution in [2.24, 2.45) is 5.73 Å². The minimum atomic E-state index is -2.72. The maximum atomic E-state index is 12.2. The summed E-state index contributed by atoms with van der Waals surface area (Å²) in [6, 6.07) is 20.8. The fourth-order valence-electron chi connectivity index (χ4n) is 3.63. The molecule has 0 aliphatic heterocycles. The van der Waals surface area contributed by atoms with E-state index in [-0.39, 0.29) is 17.7 Å². The van der Waals surface area contributed by atoms with E-state index in [0.717, 1.165) is 0 Å². The van der Waals surface area contributed by atoms with E-state index in [0.29, 0.717) is 6.54 Å². The van der Waals surface area contributed by atoms with Gasteiger partial charge in [-0.25, -0.2) is 4.79 Å². The topological polar surface area (TPSA) is 73.6 Å². The number of rotatable bonds is 7. The number of ether oxygens (including phenoxy) is 1. The van der Waals surface area contributed by atoms with E-state index >= 15 is 0 Å². The summed E-state index contributed by atoms with van der Waals surface area (Å²) < 4.78 is 12.3. The van der Waals surface area contributed by atoms with Gasteiger partial charge in [0.15, 0.2) is 0 Å². The fourth-order valence-corrected chi connectivity index (χ4v) is 8.32. The molecule has 5 nitrogen and oxygen atoms in total. The number of carbonyl (C=O) groups excluding carboxylic acids is 1. The van der Waals surface area contributed by atoms with Crippen LogP contribution in [-0.2, 0) is 9.16 Å². The summed E-state index contributed by atoms with van der Waals surface area (Å²) in [5.41, 5.74) is 5.54. The van der Waals surface area contributed by atoms with Gasteiger partial charge < -0.3 is 20.2 Å². The van der Waals surface area contributed by atoms with E-state index in [9.17, 15) is 4.79 Å². The normalized spacial score (nSPS) is 13.6. The lowest BCUT2D eigenvalue weighted by molar-refractivity contribution is 0.0500. The number of nitrogens with one attached hydrogen (secondary N) is 1. The van der Waals surface area contributed by atoms with Crippen LogP contribution < -0.4 is 21.4 Å². The molecule has 0 saturated heterocycles. The second-order valence-corrected chi connectivity index (χ2v) is 13.8. The van der Waals surface area contributed by atoms with Gasteiger partial charge in [-0.05, 0) is 36.2 Å². The average Bonchev–Trinajstić information content (AvgIpc) is 2.67. The highest BCUT2D eigenvalue weighted by Gasteiger charge is 2.51. The van der Waals surface area contributed by atoms with E-state index in [4.69, 9.17) is 14.9 Å². The van der Waals surface area contributed by atoms with E-state index in [1.807, 2.05) is 57.2 Å². The Morgan fingerprint density at radius 2 is 1.40 bits per heavy atom. The highest BCUT2D eigenvalue weighted by Crippen LogP contribution is 2.37. The number of hydrogen-bond donors (Lipinski definition) is 2. The number of amides is 1. The molecule has 1 unspecified atom stereocenters. The average molecular weight is 429 g/mol. The number of alkyl carbamates (subject to hydrolysis) is 1. The Kier molecular flexibility index (Phi) is 7.85. The quantitative estimate of drug-likeness (QED) is 0.663. The maximum absolute atomic E-state index is 12.2. The Balaban J connectivity index is 2.40. The smallest absolute Gasteiger partial charge is 0.407 e. The summed E-state index contributed by atoms with van der Waals surface area (Å²) in [7, 11) is -2.72. The van der Waals surface area contributed by atoms with Gasteiger partial charge in [0.1, 0.15) is 5.60 Å². The summed E-state index contributed by atoms with van der Waals surface area (Å²) in [6.45, 7) is 12.7. The van der Waals surface area contributed by atoms with Gasteiger partial charge in [-0.2, -0.15) is 0 Å². The van der Waals surface area contributed by atoms with E-state index in [1.54, 1.807) is 0 Å². The standard InChI is InChI=1S/C24H36N2O3Si/c1-23(2,3)28-22(27)26-18-19(17-25)29-30(24(4,5)6,20-13-9-7-10-14-20)21-15-11-8-12-16-21/h7-16,19H,17-18,25H2,1-6H3,(H,26,27). The molecule has 2 aromatic rings. The summed E-state index contributed by atoms with van der Waals surface area (Å²) in [4.78, 5) is 12.2. The Bertz CT molecular complexity index is 759. The molecule has 0 saturated carbocycles. The molecule has 30 heavy (non-hydrogen) atoms. The first-order chi connectivity index (χ1) is 14.0. The van der Waals surface area contributed by atoms with Crippen LogP contribution >= 0.6 is 0 Å². The van der Waals surface area contributed by atoms with Crippen LogP contribution in [0.4, 0.5) is 4.79 Å². The molecule has 6 heteroatoms. The van der Waals surface area contributed by atoms with Crippen LogP contribution in [0.2, 0.25) is 5.04 Å². The maximum Gasteiger partial charge on any atom is 0.407 e. The van der Waals surface area contributed by atoms with E-state index in [2.05, 4.69) is 50.4 Å². The van der Waals surface area contributed by atoms with Crippen molar-refractivity contribution < 1.29 is 14.0 Å². The van der Waals surface area contributed by atoms with Crippen molar-refractivity contribution in [2.45, 2.75) is 58.3 Å². The van der Waals surface area contributed by atoms with Gasteiger partial charge in [0, 0.05) is 13.1 Å². The minimum absolute atomic E-state index is 0.158. The number of carbonyl (C=O) groups is 1. The first kappa shape index (κ1) is 24.1. The number of hydrogen-bond acceptors (Lipinski definition) is 4. The van der Waals surface area contributed by atoms with Crippen LogP contribution in [0.3, 0.4) is 0 Å². The molecule has 2 aromatic carbocycles. The third-order valence-corrected chi connectivity index (χ3v) is 9.99. The summed E-state index contributed by atoms with van der Waals surface area (Å²) in [5.74, 6) is 0. The largest absolute Gasteiger partial charge is 0.444 e. The second kappa shape index (κ2) is 9.77. The molecular weight excluding hydrogens is 392 g/mol. The van der Waals surface area contributed by atoms with Crippen LogP contribution in [0.1, 0.15) is 41.5 Å². The molecule has 0 bridgehead atoms. The molecule has 0 aromatic heterocycles. The Hall–Kier alpha value is -2.15. The minimum Gasteiger partial charge on any atom is -0.444 e. The van der Waals surface area contributed by atoms with Crippen LogP contribution in [0, 0.1) is 0 Å². The molecule has 3 N–H and O–H groups in total. The Morgan fingerprint density at radius 3 is 1.77 bits per heavy atom. The number of nitrogens with two attached hydrogens (primary N) is 1. The summed E-state index contributed by atoms with van der Waals surface area (Å²) >= 11 is 0. The molecule has 0 fully saturated rings.